The Morgan fingerprint density at radius 1 is 0.595 bits per heavy atom. The summed E-state index contributed by atoms with van der Waals surface area (Å²) < 4.78 is 4.57. The lowest BCUT2D eigenvalue weighted by molar-refractivity contribution is -0.401. The van der Waals surface area contributed by atoms with Crippen LogP contribution in [0.2, 0.25) is 0 Å². The number of allylic oxidation sites excluding steroid dienone is 2. The summed E-state index contributed by atoms with van der Waals surface area (Å²) >= 11 is 0. The highest BCUT2D eigenvalue weighted by molar-refractivity contribution is 6.03. The van der Waals surface area contributed by atoms with Gasteiger partial charge in [0.1, 0.15) is 14.1 Å². The fourth-order valence-electron chi connectivity index (χ4n) is 5.74. The van der Waals surface area contributed by atoms with Gasteiger partial charge in [-0.15, -0.1) is 0 Å². The Balaban J connectivity index is 0.00000320. The molecule has 0 aromatic heterocycles. The van der Waals surface area contributed by atoms with Crippen LogP contribution in [0.3, 0.4) is 0 Å². The zero-order chi connectivity index (χ0) is 25.5. The van der Waals surface area contributed by atoms with Crippen molar-refractivity contribution < 1.29 is 21.6 Å². The van der Waals surface area contributed by atoms with Gasteiger partial charge in [0.2, 0.25) is 11.4 Å². The molecule has 3 aromatic carbocycles. The first-order chi connectivity index (χ1) is 17.2. The van der Waals surface area contributed by atoms with Crippen LogP contribution in [0.15, 0.2) is 97.3 Å². The van der Waals surface area contributed by atoms with E-state index in [1.807, 2.05) is 12.4 Å². The van der Waals surface area contributed by atoms with E-state index in [0.29, 0.717) is 0 Å². The fraction of sp³-hybridized carbons (Fsp3) is 0.250. The van der Waals surface area contributed by atoms with Gasteiger partial charge in [0.15, 0.2) is 11.4 Å². The first-order valence-electron chi connectivity index (χ1n) is 12.6. The highest BCUT2D eigenvalue weighted by Crippen LogP contribution is 2.40. The average Bonchev–Trinajstić information content (AvgIpc) is 3.19. The van der Waals surface area contributed by atoms with E-state index in [0.717, 1.165) is 11.4 Å². The Bertz CT molecular complexity index is 1350. The summed E-state index contributed by atoms with van der Waals surface area (Å²) in [5, 5.41) is 6.91. The van der Waals surface area contributed by atoms with Crippen LogP contribution in [0.4, 0.5) is 22.7 Å². The number of hydrogen-bond donors (Lipinski definition) is 2. The van der Waals surface area contributed by atoms with Gasteiger partial charge in [-0.25, -0.2) is 0 Å². The molecule has 0 aliphatic carbocycles. The number of benzene rings is 3. The molecular formula is C32H36ClN4+. The second-order valence-corrected chi connectivity index (χ2v) is 10.7. The SMILES string of the molecule is C[N+]1=C(/C=C/Nc2cccc(N/C=C/C3=[N+](C)c4ccccc4C3(C)C)c2)C(C)(C)c2ccccc21.[Cl-]. The number of fused-ring (bicyclic) bond motifs is 2. The lowest BCUT2D eigenvalue weighted by atomic mass is 9.81. The standard InChI is InChI=1S/C32H34N4.ClH/c1-31(2)25-14-7-9-16-27(25)35(5)29(31)18-20-33-23-12-11-13-24(22-23)34-21-19-30-32(3,4)26-15-8-10-17-28(26)36(30)6;/h7-22H,1-6H3;1H/p+1. The number of halogens is 1. The van der Waals surface area contributed by atoms with Gasteiger partial charge in [0.25, 0.3) is 0 Å². The monoisotopic (exact) mass is 511 g/mol. The van der Waals surface area contributed by atoms with E-state index in [4.69, 9.17) is 0 Å². The van der Waals surface area contributed by atoms with Gasteiger partial charge in [0, 0.05) is 59.2 Å². The van der Waals surface area contributed by atoms with Crippen LogP contribution in [-0.4, -0.2) is 34.7 Å². The molecule has 0 spiro atoms. The van der Waals surface area contributed by atoms with Gasteiger partial charge in [-0.3, -0.25) is 0 Å². The predicted octanol–water partition coefficient (Wildman–Crippen LogP) is 3.95. The van der Waals surface area contributed by atoms with Crippen molar-refractivity contribution in [2.45, 2.75) is 38.5 Å². The second-order valence-electron chi connectivity index (χ2n) is 10.7. The lowest BCUT2D eigenvalue weighted by Crippen LogP contribution is -3.00. The highest BCUT2D eigenvalue weighted by Gasteiger charge is 2.43. The number of anilines is 2. The van der Waals surface area contributed by atoms with E-state index in [2.05, 4.69) is 147 Å². The topological polar surface area (TPSA) is 30.1 Å². The molecule has 0 unspecified atom stereocenters. The molecule has 0 bridgehead atoms. The molecule has 0 saturated carbocycles. The zero-order valence-electron chi connectivity index (χ0n) is 22.5. The number of rotatable bonds is 6. The third-order valence-corrected chi connectivity index (χ3v) is 7.73. The number of hydrogen-bond acceptors (Lipinski definition) is 2. The Morgan fingerprint density at radius 2 is 1.00 bits per heavy atom. The van der Waals surface area contributed by atoms with E-state index in [1.165, 1.54) is 33.9 Å². The van der Waals surface area contributed by atoms with Crippen LogP contribution in [0, 0.1) is 0 Å². The summed E-state index contributed by atoms with van der Waals surface area (Å²) in [5.74, 6) is 0. The van der Waals surface area contributed by atoms with Gasteiger partial charge in [-0.05, 0) is 45.9 Å². The van der Waals surface area contributed by atoms with Gasteiger partial charge in [0.05, 0.1) is 10.8 Å². The lowest BCUT2D eigenvalue weighted by Gasteiger charge is -2.15. The maximum atomic E-state index is 3.46. The van der Waals surface area contributed by atoms with Gasteiger partial charge >= 0.3 is 0 Å². The molecule has 2 heterocycles. The molecule has 37 heavy (non-hydrogen) atoms. The Kier molecular flexibility index (Phi) is 7.16. The first kappa shape index (κ1) is 26.4. The smallest absolute Gasteiger partial charge is 0.209 e. The van der Waals surface area contributed by atoms with Crippen LogP contribution in [-0.2, 0) is 10.8 Å². The minimum absolute atomic E-state index is 0. The summed E-state index contributed by atoms with van der Waals surface area (Å²) in [7, 11) is 4.29. The second kappa shape index (κ2) is 10.0. The van der Waals surface area contributed by atoms with Crippen molar-refractivity contribution in [1.82, 2.24) is 0 Å². The fourth-order valence-corrected chi connectivity index (χ4v) is 5.74. The molecule has 0 radical (unpaired) electrons. The third kappa shape index (κ3) is 4.62. The summed E-state index contributed by atoms with van der Waals surface area (Å²) in [6.45, 7) is 9.13. The Morgan fingerprint density at radius 3 is 1.41 bits per heavy atom. The van der Waals surface area contributed by atoms with E-state index in [9.17, 15) is 0 Å². The number of nitrogens with one attached hydrogen (secondary N) is 2. The summed E-state index contributed by atoms with van der Waals surface area (Å²) in [6, 6.07) is 25.6. The normalized spacial score (nSPS) is 17.2. The summed E-state index contributed by atoms with van der Waals surface area (Å²) in [6.07, 6.45) is 8.45. The van der Waals surface area contributed by atoms with Crippen molar-refractivity contribution in [1.29, 1.82) is 0 Å². The summed E-state index contributed by atoms with van der Waals surface area (Å²) in [4.78, 5) is 0. The van der Waals surface area contributed by atoms with Crippen molar-refractivity contribution in [2.24, 2.45) is 0 Å². The molecule has 2 N–H and O–H groups in total. The molecule has 0 saturated heterocycles. The third-order valence-electron chi connectivity index (χ3n) is 7.73. The van der Waals surface area contributed by atoms with Crippen LogP contribution in [0.25, 0.3) is 0 Å². The molecule has 0 atom stereocenters. The van der Waals surface area contributed by atoms with E-state index in [-0.39, 0.29) is 23.2 Å². The highest BCUT2D eigenvalue weighted by atomic mass is 35.5. The molecule has 4 nitrogen and oxygen atoms in total. The molecular weight excluding hydrogens is 476 g/mol. The van der Waals surface area contributed by atoms with Crippen molar-refractivity contribution in [2.75, 3.05) is 24.7 Å². The Labute approximate surface area is 227 Å². The maximum Gasteiger partial charge on any atom is 0.209 e. The van der Waals surface area contributed by atoms with Crippen LogP contribution < -0.4 is 23.0 Å². The first-order valence-corrected chi connectivity index (χ1v) is 12.6. The van der Waals surface area contributed by atoms with Crippen molar-refractivity contribution >= 4 is 34.2 Å². The molecule has 5 rings (SSSR count). The number of para-hydroxylation sites is 2. The predicted molar refractivity (Wildman–Crippen MR) is 153 cm³/mol. The van der Waals surface area contributed by atoms with Gasteiger partial charge in [-0.1, -0.05) is 42.5 Å². The minimum atomic E-state index is -0.0315. The quantitative estimate of drug-likeness (QED) is 0.491. The number of nitrogens with zero attached hydrogens (tertiary/aromatic N) is 2. The van der Waals surface area contributed by atoms with Crippen molar-refractivity contribution in [3.8, 4) is 0 Å². The molecule has 190 valence electrons. The minimum Gasteiger partial charge on any atom is -1.00 e. The van der Waals surface area contributed by atoms with Crippen LogP contribution in [0.1, 0.15) is 38.8 Å². The molecule has 0 amide bonds. The van der Waals surface area contributed by atoms with Crippen molar-refractivity contribution in [3.63, 3.8) is 0 Å². The van der Waals surface area contributed by atoms with E-state index in [1.54, 1.807) is 0 Å². The molecule has 2 aliphatic heterocycles. The largest absolute Gasteiger partial charge is 1.00 e. The molecule has 0 fully saturated rings. The average molecular weight is 512 g/mol. The Hall–Kier alpha value is -3.63. The molecule has 2 aliphatic rings. The van der Waals surface area contributed by atoms with Crippen LogP contribution >= 0.6 is 0 Å². The molecule has 3 aromatic rings. The van der Waals surface area contributed by atoms with Crippen molar-refractivity contribution in [3.05, 3.63) is 108 Å². The van der Waals surface area contributed by atoms with Crippen LogP contribution in [0.5, 0.6) is 0 Å². The van der Waals surface area contributed by atoms with Gasteiger partial charge < -0.3 is 23.0 Å². The maximum absolute atomic E-state index is 3.46. The van der Waals surface area contributed by atoms with E-state index < -0.39 is 0 Å². The zero-order valence-corrected chi connectivity index (χ0v) is 23.3. The summed E-state index contributed by atoms with van der Waals surface area (Å²) in [5.41, 5.74) is 9.84. The van der Waals surface area contributed by atoms with E-state index >= 15 is 0 Å². The molecule has 5 heteroatoms. The van der Waals surface area contributed by atoms with Gasteiger partial charge in [-0.2, -0.15) is 9.15 Å².